The zero-order chi connectivity index (χ0) is 21.7. The number of carbonyl (C=O) groups is 1. The van der Waals surface area contributed by atoms with Crippen LogP contribution in [0.2, 0.25) is 0 Å². The molecule has 6 N–H and O–H groups in total. The molecule has 3 aromatic rings. The number of rotatable bonds is 9. The number of hydrogen-bond donors (Lipinski definition) is 4. The molecule has 2 atom stereocenters. The summed E-state index contributed by atoms with van der Waals surface area (Å²) in [6.07, 6.45) is 7.78. The summed E-state index contributed by atoms with van der Waals surface area (Å²) in [5.41, 5.74) is 12.4. The van der Waals surface area contributed by atoms with Gasteiger partial charge in [-0.15, -0.1) is 4.80 Å². The number of aromatic nitrogens is 5. The summed E-state index contributed by atoms with van der Waals surface area (Å²) >= 11 is 0. The third-order valence-electron chi connectivity index (χ3n) is 4.43. The Morgan fingerprint density at radius 3 is 2.60 bits per heavy atom. The summed E-state index contributed by atoms with van der Waals surface area (Å²) in [7, 11) is 0. The number of carbonyl (C=O) groups excluding carboxylic acids is 1. The molecule has 0 aliphatic heterocycles. The molecule has 0 unspecified atom stereocenters. The highest BCUT2D eigenvalue weighted by atomic mass is 19.1. The first kappa shape index (κ1) is 21.1. The summed E-state index contributed by atoms with van der Waals surface area (Å²) in [6.45, 7) is 3.85. The first-order valence-corrected chi connectivity index (χ1v) is 9.50. The van der Waals surface area contributed by atoms with Gasteiger partial charge in [0.25, 0.3) is 5.91 Å². The fourth-order valence-corrected chi connectivity index (χ4v) is 2.92. The average molecular weight is 413 g/mol. The molecule has 10 nitrogen and oxygen atoms in total. The van der Waals surface area contributed by atoms with Gasteiger partial charge >= 0.3 is 0 Å². The van der Waals surface area contributed by atoms with Gasteiger partial charge in [-0.1, -0.05) is 13.3 Å². The minimum Gasteiger partial charge on any atom is -0.365 e. The predicted octanol–water partition coefficient (Wildman–Crippen LogP) is 1.97. The lowest BCUT2D eigenvalue weighted by molar-refractivity contribution is 0.100. The van der Waals surface area contributed by atoms with Crippen LogP contribution in [0.25, 0.3) is 5.69 Å². The maximum absolute atomic E-state index is 14.6. The molecule has 0 aromatic carbocycles. The molecule has 11 heteroatoms. The third kappa shape index (κ3) is 4.87. The van der Waals surface area contributed by atoms with Gasteiger partial charge in [-0.3, -0.25) is 9.78 Å². The molecule has 0 spiro atoms. The van der Waals surface area contributed by atoms with E-state index in [9.17, 15) is 9.18 Å². The minimum atomic E-state index is -0.814. The maximum atomic E-state index is 14.6. The van der Waals surface area contributed by atoms with Crippen molar-refractivity contribution in [2.75, 3.05) is 10.6 Å². The zero-order valence-corrected chi connectivity index (χ0v) is 16.7. The molecule has 0 radical (unpaired) electrons. The van der Waals surface area contributed by atoms with E-state index in [-0.39, 0.29) is 29.3 Å². The van der Waals surface area contributed by atoms with Gasteiger partial charge in [0.2, 0.25) is 0 Å². The SMILES string of the molecule is CCC[C@@H](Nc1nc(Nc2cncc(-n3nccn3)c2)c(C(N)=O)cc1F)[C@H](C)N. The summed E-state index contributed by atoms with van der Waals surface area (Å²) in [4.78, 5) is 21.6. The van der Waals surface area contributed by atoms with Crippen molar-refractivity contribution in [2.24, 2.45) is 11.5 Å². The highest BCUT2D eigenvalue weighted by Gasteiger charge is 2.20. The van der Waals surface area contributed by atoms with Crippen LogP contribution in [0, 0.1) is 5.82 Å². The van der Waals surface area contributed by atoms with Crippen LogP contribution in [0.4, 0.5) is 21.7 Å². The van der Waals surface area contributed by atoms with Gasteiger partial charge < -0.3 is 22.1 Å². The quantitative estimate of drug-likeness (QED) is 0.416. The number of halogens is 1. The molecule has 0 fully saturated rings. The van der Waals surface area contributed by atoms with Crippen LogP contribution >= 0.6 is 0 Å². The van der Waals surface area contributed by atoms with Crippen molar-refractivity contribution in [1.82, 2.24) is 25.0 Å². The van der Waals surface area contributed by atoms with Gasteiger partial charge in [-0.05, 0) is 25.5 Å². The Balaban J connectivity index is 1.95. The Morgan fingerprint density at radius 1 is 1.23 bits per heavy atom. The van der Waals surface area contributed by atoms with Crippen molar-refractivity contribution in [3.05, 3.63) is 48.3 Å². The molecule has 3 rings (SSSR count). The van der Waals surface area contributed by atoms with Crippen LogP contribution in [-0.2, 0) is 0 Å². The molecule has 158 valence electrons. The van der Waals surface area contributed by atoms with Gasteiger partial charge in [0.1, 0.15) is 11.5 Å². The Bertz CT molecular complexity index is 1010. The van der Waals surface area contributed by atoms with E-state index in [1.54, 1.807) is 12.3 Å². The summed E-state index contributed by atoms with van der Waals surface area (Å²) < 4.78 is 14.6. The van der Waals surface area contributed by atoms with Crippen molar-refractivity contribution in [1.29, 1.82) is 0 Å². The Hall–Kier alpha value is -3.60. The van der Waals surface area contributed by atoms with Crippen molar-refractivity contribution in [3.63, 3.8) is 0 Å². The molecule has 0 aliphatic carbocycles. The Kier molecular flexibility index (Phi) is 6.52. The second-order valence-corrected chi connectivity index (χ2v) is 6.85. The lowest BCUT2D eigenvalue weighted by atomic mass is 10.1. The smallest absolute Gasteiger partial charge is 0.252 e. The lowest BCUT2D eigenvalue weighted by Gasteiger charge is -2.23. The number of anilines is 3. The van der Waals surface area contributed by atoms with Crippen LogP contribution in [0.15, 0.2) is 36.9 Å². The van der Waals surface area contributed by atoms with Gasteiger partial charge in [0.15, 0.2) is 11.6 Å². The number of hydrogen-bond acceptors (Lipinski definition) is 8. The first-order valence-electron chi connectivity index (χ1n) is 9.50. The second kappa shape index (κ2) is 9.27. The van der Waals surface area contributed by atoms with Crippen LogP contribution in [0.3, 0.4) is 0 Å². The topological polar surface area (TPSA) is 150 Å². The van der Waals surface area contributed by atoms with Crippen LogP contribution < -0.4 is 22.1 Å². The molecule has 3 aromatic heterocycles. The molecule has 3 heterocycles. The minimum absolute atomic E-state index is 0.0175. The Morgan fingerprint density at radius 2 is 1.97 bits per heavy atom. The van der Waals surface area contributed by atoms with Crippen molar-refractivity contribution in [3.8, 4) is 5.69 Å². The van der Waals surface area contributed by atoms with Gasteiger partial charge in [-0.2, -0.15) is 10.2 Å². The van der Waals surface area contributed by atoms with Crippen molar-refractivity contribution >= 4 is 23.2 Å². The number of pyridine rings is 2. The summed E-state index contributed by atoms with van der Waals surface area (Å²) in [5.74, 6) is -1.43. The van der Waals surface area contributed by atoms with Crippen molar-refractivity contribution in [2.45, 2.75) is 38.8 Å². The van der Waals surface area contributed by atoms with Gasteiger partial charge in [0.05, 0.1) is 36.0 Å². The molecular weight excluding hydrogens is 389 g/mol. The summed E-state index contributed by atoms with van der Waals surface area (Å²) in [5, 5.41) is 14.1. The molecule has 0 bridgehead atoms. The fraction of sp³-hybridized carbons (Fsp3) is 0.316. The van der Waals surface area contributed by atoms with E-state index in [0.29, 0.717) is 11.4 Å². The van der Waals surface area contributed by atoms with E-state index >= 15 is 0 Å². The highest BCUT2D eigenvalue weighted by Crippen LogP contribution is 2.25. The number of nitrogens with one attached hydrogen (secondary N) is 2. The third-order valence-corrected chi connectivity index (χ3v) is 4.43. The zero-order valence-electron chi connectivity index (χ0n) is 16.7. The van der Waals surface area contributed by atoms with E-state index in [1.165, 1.54) is 23.4 Å². The summed E-state index contributed by atoms with van der Waals surface area (Å²) in [6, 6.07) is 2.36. The molecule has 0 saturated heterocycles. The normalized spacial score (nSPS) is 12.9. The van der Waals surface area contributed by atoms with E-state index < -0.39 is 11.7 Å². The number of nitrogens with zero attached hydrogens (tertiary/aromatic N) is 5. The lowest BCUT2D eigenvalue weighted by Crippen LogP contribution is -2.38. The standard InChI is InChI=1S/C19H24FN9O/c1-3-4-16(11(2)21)27-19-15(20)8-14(17(22)30)18(28-19)26-12-7-13(10-23-9-12)29-24-5-6-25-29/h5-11,16H,3-4,21H2,1-2H3,(H2,22,30)(H2,26,27,28)/t11-,16+/m0/s1. The van der Waals surface area contributed by atoms with E-state index in [2.05, 4.69) is 30.8 Å². The maximum Gasteiger partial charge on any atom is 0.252 e. The molecule has 30 heavy (non-hydrogen) atoms. The van der Waals surface area contributed by atoms with E-state index in [1.807, 2.05) is 13.8 Å². The number of nitrogens with two attached hydrogens (primary N) is 2. The van der Waals surface area contributed by atoms with E-state index in [0.717, 1.165) is 18.9 Å². The van der Waals surface area contributed by atoms with E-state index in [4.69, 9.17) is 11.5 Å². The predicted molar refractivity (Wildman–Crippen MR) is 111 cm³/mol. The van der Waals surface area contributed by atoms with Crippen molar-refractivity contribution < 1.29 is 9.18 Å². The average Bonchev–Trinajstić information content (AvgIpc) is 3.24. The second-order valence-electron chi connectivity index (χ2n) is 6.85. The Labute approximate surface area is 172 Å². The van der Waals surface area contributed by atoms with Crippen LogP contribution in [-0.4, -0.2) is 43.0 Å². The highest BCUT2D eigenvalue weighted by molar-refractivity contribution is 5.98. The van der Waals surface area contributed by atoms with Crippen LogP contribution in [0.5, 0.6) is 0 Å². The van der Waals surface area contributed by atoms with Gasteiger partial charge in [0, 0.05) is 12.1 Å². The largest absolute Gasteiger partial charge is 0.365 e. The fourth-order valence-electron chi connectivity index (χ4n) is 2.92. The molecule has 1 amide bonds. The molecule has 0 aliphatic rings. The van der Waals surface area contributed by atoms with Crippen LogP contribution in [0.1, 0.15) is 37.0 Å². The number of primary amides is 1. The van der Waals surface area contributed by atoms with Gasteiger partial charge in [-0.25, -0.2) is 9.37 Å². The first-order chi connectivity index (χ1) is 14.4. The molecule has 0 saturated carbocycles. The molecular formula is C19H24FN9O. The number of amides is 1. The monoisotopic (exact) mass is 413 g/mol.